The number of hydrogen-bond acceptors (Lipinski definition) is 2. The molecule has 0 saturated carbocycles. The molecule has 0 spiro atoms. The molecule has 0 fully saturated rings. The normalized spacial score (nSPS) is 11.6. The summed E-state index contributed by atoms with van der Waals surface area (Å²) in [5.74, 6) is 2.41. The third-order valence-electron chi connectivity index (χ3n) is 3.40. The molecule has 0 bridgehead atoms. The molecule has 0 aliphatic rings. The van der Waals surface area contributed by atoms with Gasteiger partial charge in [0.15, 0.2) is 5.65 Å². The first-order valence-corrected chi connectivity index (χ1v) is 7.53. The maximum Gasteiger partial charge on any atom is 0.160 e. The molecule has 104 valence electrons. The van der Waals surface area contributed by atoms with Crippen LogP contribution in [-0.2, 0) is 13.0 Å². The van der Waals surface area contributed by atoms with Crippen molar-refractivity contribution in [2.75, 3.05) is 5.88 Å². The number of fused-ring (bicyclic) bond motifs is 1. The van der Waals surface area contributed by atoms with Gasteiger partial charge < -0.3 is 4.57 Å². The van der Waals surface area contributed by atoms with E-state index in [1.54, 1.807) is 0 Å². The second kappa shape index (κ2) is 6.38. The highest BCUT2D eigenvalue weighted by Crippen LogP contribution is 2.19. The number of aromatic nitrogens is 3. The number of alkyl halides is 1. The lowest BCUT2D eigenvalue weighted by atomic mass is 10.1. The van der Waals surface area contributed by atoms with Crippen LogP contribution >= 0.6 is 11.6 Å². The Morgan fingerprint density at radius 1 is 1.37 bits per heavy atom. The molecule has 2 aromatic heterocycles. The summed E-state index contributed by atoms with van der Waals surface area (Å²) in [6.45, 7) is 7.58. The average molecular weight is 280 g/mol. The van der Waals surface area contributed by atoms with Crippen LogP contribution in [0.4, 0.5) is 0 Å². The molecule has 0 unspecified atom stereocenters. The quantitative estimate of drug-likeness (QED) is 0.750. The van der Waals surface area contributed by atoms with E-state index in [9.17, 15) is 0 Å². The lowest BCUT2D eigenvalue weighted by molar-refractivity contribution is 0.509. The van der Waals surface area contributed by atoms with Gasteiger partial charge in [-0.1, -0.05) is 13.8 Å². The number of nitrogens with zero attached hydrogens (tertiary/aromatic N) is 3. The highest BCUT2D eigenvalue weighted by Gasteiger charge is 2.12. The van der Waals surface area contributed by atoms with Crippen molar-refractivity contribution in [1.82, 2.24) is 14.5 Å². The summed E-state index contributed by atoms with van der Waals surface area (Å²) in [4.78, 5) is 9.22. The van der Waals surface area contributed by atoms with Crippen LogP contribution in [0.2, 0.25) is 0 Å². The summed E-state index contributed by atoms with van der Waals surface area (Å²) in [5.41, 5.74) is 3.21. The topological polar surface area (TPSA) is 30.7 Å². The Labute approximate surface area is 120 Å². The maximum absolute atomic E-state index is 5.89. The molecule has 2 aromatic rings. The van der Waals surface area contributed by atoms with Crippen molar-refractivity contribution in [3.8, 4) is 0 Å². The zero-order valence-electron chi connectivity index (χ0n) is 12.0. The fraction of sp³-hybridized carbons (Fsp3) is 0.600. The Balaban J connectivity index is 2.32. The predicted octanol–water partition coefficient (Wildman–Crippen LogP) is 3.96. The van der Waals surface area contributed by atoms with Crippen LogP contribution in [0.5, 0.6) is 0 Å². The van der Waals surface area contributed by atoms with Crippen LogP contribution in [0.25, 0.3) is 11.2 Å². The van der Waals surface area contributed by atoms with Gasteiger partial charge in [0, 0.05) is 25.0 Å². The van der Waals surface area contributed by atoms with E-state index >= 15 is 0 Å². The van der Waals surface area contributed by atoms with Gasteiger partial charge in [0.2, 0.25) is 0 Å². The first-order chi connectivity index (χ1) is 9.13. The molecular formula is C15H22ClN3. The molecule has 0 atom stereocenters. The van der Waals surface area contributed by atoms with E-state index in [0.29, 0.717) is 5.88 Å². The lowest BCUT2D eigenvalue weighted by Gasteiger charge is -2.09. The summed E-state index contributed by atoms with van der Waals surface area (Å²) in [7, 11) is 0. The van der Waals surface area contributed by atoms with Crippen LogP contribution in [0.3, 0.4) is 0 Å². The third-order valence-corrected chi connectivity index (χ3v) is 3.59. The Kier molecular flexibility index (Phi) is 4.81. The summed E-state index contributed by atoms with van der Waals surface area (Å²) in [6, 6.07) is 2.01. The van der Waals surface area contributed by atoms with Gasteiger partial charge in [0.1, 0.15) is 11.3 Å². The smallest absolute Gasteiger partial charge is 0.160 e. The van der Waals surface area contributed by atoms with Crippen LogP contribution in [0.15, 0.2) is 12.3 Å². The Morgan fingerprint density at radius 3 is 2.84 bits per heavy atom. The zero-order chi connectivity index (χ0) is 13.8. The largest absolute Gasteiger partial charge is 0.313 e. The van der Waals surface area contributed by atoms with Crippen LogP contribution in [0.1, 0.15) is 38.1 Å². The molecule has 4 heteroatoms. The zero-order valence-corrected chi connectivity index (χ0v) is 12.7. The minimum Gasteiger partial charge on any atom is -0.313 e. The van der Waals surface area contributed by atoms with E-state index in [2.05, 4.69) is 30.3 Å². The van der Waals surface area contributed by atoms with Crippen molar-refractivity contribution in [1.29, 1.82) is 0 Å². The van der Waals surface area contributed by atoms with Gasteiger partial charge in [-0.25, -0.2) is 9.97 Å². The molecular weight excluding hydrogens is 258 g/mol. The summed E-state index contributed by atoms with van der Waals surface area (Å²) in [5, 5.41) is 0. The van der Waals surface area contributed by atoms with Gasteiger partial charge in [0.05, 0.1) is 0 Å². The highest BCUT2D eigenvalue weighted by molar-refractivity contribution is 6.17. The van der Waals surface area contributed by atoms with Crippen LogP contribution in [0, 0.1) is 12.8 Å². The van der Waals surface area contributed by atoms with Gasteiger partial charge in [0.25, 0.3) is 0 Å². The SMILES string of the molecule is Cc1ccnc2c1nc(CCCl)n2CCCC(C)C. The average Bonchev–Trinajstić information content (AvgIpc) is 2.70. The molecule has 2 rings (SSSR count). The molecule has 19 heavy (non-hydrogen) atoms. The number of rotatable bonds is 6. The number of hydrogen-bond donors (Lipinski definition) is 0. The molecule has 0 aliphatic carbocycles. The fourth-order valence-electron chi connectivity index (χ4n) is 2.35. The van der Waals surface area contributed by atoms with Crippen molar-refractivity contribution in [2.24, 2.45) is 5.92 Å². The third kappa shape index (κ3) is 3.27. The standard InChI is InChI=1S/C15H22ClN3/c1-11(2)5-4-10-19-13(6-8-16)18-14-12(3)7-9-17-15(14)19/h7,9,11H,4-6,8,10H2,1-3H3. The highest BCUT2D eigenvalue weighted by atomic mass is 35.5. The molecule has 0 amide bonds. The van der Waals surface area contributed by atoms with E-state index in [1.165, 1.54) is 12.0 Å². The van der Waals surface area contributed by atoms with Crippen molar-refractivity contribution in [3.63, 3.8) is 0 Å². The van der Waals surface area contributed by atoms with E-state index in [4.69, 9.17) is 16.6 Å². The minimum atomic E-state index is 0.604. The predicted molar refractivity (Wildman–Crippen MR) is 80.8 cm³/mol. The Hall–Kier alpha value is -1.09. The first-order valence-electron chi connectivity index (χ1n) is 7.00. The van der Waals surface area contributed by atoms with Crippen molar-refractivity contribution < 1.29 is 0 Å². The molecule has 0 saturated heterocycles. The van der Waals surface area contributed by atoms with E-state index in [-0.39, 0.29) is 0 Å². The Bertz CT molecular complexity index is 546. The van der Waals surface area contributed by atoms with Gasteiger partial charge in [-0.2, -0.15) is 0 Å². The molecule has 0 aliphatic heterocycles. The molecule has 0 N–H and O–H groups in total. The van der Waals surface area contributed by atoms with E-state index in [1.807, 2.05) is 12.3 Å². The maximum atomic E-state index is 5.89. The number of aryl methyl sites for hydroxylation is 3. The lowest BCUT2D eigenvalue weighted by Crippen LogP contribution is -2.06. The van der Waals surface area contributed by atoms with E-state index in [0.717, 1.165) is 42.3 Å². The van der Waals surface area contributed by atoms with Crippen molar-refractivity contribution in [2.45, 2.75) is 46.6 Å². The summed E-state index contributed by atoms with van der Waals surface area (Å²) < 4.78 is 2.24. The fourth-order valence-corrected chi connectivity index (χ4v) is 2.52. The van der Waals surface area contributed by atoms with Crippen molar-refractivity contribution >= 4 is 22.8 Å². The van der Waals surface area contributed by atoms with Gasteiger partial charge in [-0.3, -0.25) is 0 Å². The van der Waals surface area contributed by atoms with Gasteiger partial charge >= 0.3 is 0 Å². The second-order valence-electron chi connectivity index (χ2n) is 5.45. The second-order valence-corrected chi connectivity index (χ2v) is 5.83. The molecule has 0 aromatic carbocycles. The van der Waals surface area contributed by atoms with Crippen LogP contribution in [-0.4, -0.2) is 20.4 Å². The minimum absolute atomic E-state index is 0.604. The van der Waals surface area contributed by atoms with Gasteiger partial charge in [-0.05, 0) is 37.3 Å². The molecule has 0 radical (unpaired) electrons. The molecule has 3 nitrogen and oxygen atoms in total. The number of pyridine rings is 1. The van der Waals surface area contributed by atoms with E-state index < -0.39 is 0 Å². The van der Waals surface area contributed by atoms with Gasteiger partial charge in [-0.15, -0.1) is 11.6 Å². The van der Waals surface area contributed by atoms with Crippen LogP contribution < -0.4 is 0 Å². The summed E-state index contributed by atoms with van der Waals surface area (Å²) >= 11 is 5.89. The van der Waals surface area contributed by atoms with Crippen molar-refractivity contribution in [3.05, 3.63) is 23.7 Å². The monoisotopic (exact) mass is 279 g/mol. The number of halogens is 1. The first kappa shape index (κ1) is 14.3. The number of imidazole rings is 1. The summed E-state index contributed by atoms with van der Waals surface area (Å²) in [6.07, 6.45) is 5.06. The molecule has 2 heterocycles. The Morgan fingerprint density at radius 2 is 2.16 bits per heavy atom.